The quantitative estimate of drug-likeness (QED) is 0.723. The van der Waals surface area contributed by atoms with Crippen LogP contribution in [-0.4, -0.2) is 17.6 Å². The molecule has 0 saturated carbocycles. The molecule has 0 atom stereocenters. The third kappa shape index (κ3) is 3.66. The molecule has 4 heteroatoms. The van der Waals surface area contributed by atoms with Gasteiger partial charge in [0, 0.05) is 11.1 Å². The Morgan fingerprint density at radius 2 is 1.83 bits per heavy atom. The first-order valence-electron chi connectivity index (χ1n) is 7.62. The summed E-state index contributed by atoms with van der Waals surface area (Å²) in [5.74, 6) is -0.296. The Morgan fingerprint density at radius 3 is 2.61 bits per heavy atom. The highest BCUT2D eigenvalue weighted by Gasteiger charge is 2.05. The second-order valence-electron chi connectivity index (χ2n) is 5.15. The smallest absolute Gasteiger partial charge is 0.338 e. The summed E-state index contributed by atoms with van der Waals surface area (Å²) in [7, 11) is 0. The molecule has 3 rings (SSSR count). The predicted octanol–water partition coefficient (Wildman–Crippen LogP) is 4.02. The van der Waals surface area contributed by atoms with Crippen molar-refractivity contribution in [2.24, 2.45) is 0 Å². The van der Waals surface area contributed by atoms with Gasteiger partial charge in [-0.15, -0.1) is 0 Å². The number of benzene rings is 2. The van der Waals surface area contributed by atoms with Gasteiger partial charge in [0.1, 0.15) is 0 Å². The van der Waals surface area contributed by atoms with Crippen molar-refractivity contribution in [3.8, 4) is 0 Å². The molecule has 0 aliphatic rings. The Bertz CT molecular complexity index is 813. The molecule has 23 heavy (non-hydrogen) atoms. The highest BCUT2D eigenvalue weighted by atomic mass is 16.5. The molecular formula is C19H18N2O2. The van der Waals surface area contributed by atoms with E-state index in [2.05, 4.69) is 16.4 Å². The zero-order valence-corrected chi connectivity index (χ0v) is 13.0. The molecule has 0 unspecified atom stereocenters. The van der Waals surface area contributed by atoms with Crippen LogP contribution in [0.1, 0.15) is 23.0 Å². The van der Waals surface area contributed by atoms with Gasteiger partial charge >= 0.3 is 5.97 Å². The number of rotatable bonds is 5. The lowest BCUT2D eigenvalue weighted by atomic mass is 10.2. The molecule has 0 aliphatic heterocycles. The number of carbonyl (C=O) groups excluding carboxylic acids is 1. The SMILES string of the molecule is CCOC(=O)c1ccc(NCc2ccc3ccccc3n2)cc1. The largest absolute Gasteiger partial charge is 0.462 e. The summed E-state index contributed by atoms with van der Waals surface area (Å²) in [5.41, 5.74) is 3.46. The minimum atomic E-state index is -0.296. The zero-order chi connectivity index (χ0) is 16.1. The summed E-state index contributed by atoms with van der Waals surface area (Å²) in [4.78, 5) is 16.2. The molecule has 0 fully saturated rings. The highest BCUT2D eigenvalue weighted by Crippen LogP contribution is 2.14. The number of nitrogens with zero attached hydrogens (tertiary/aromatic N) is 1. The lowest BCUT2D eigenvalue weighted by Crippen LogP contribution is -2.05. The third-order valence-corrected chi connectivity index (χ3v) is 3.53. The first-order valence-corrected chi connectivity index (χ1v) is 7.62. The van der Waals surface area contributed by atoms with Crippen molar-refractivity contribution in [2.75, 3.05) is 11.9 Å². The van der Waals surface area contributed by atoms with Crippen molar-refractivity contribution in [3.63, 3.8) is 0 Å². The minimum Gasteiger partial charge on any atom is -0.462 e. The molecule has 0 saturated heterocycles. The number of hydrogen-bond donors (Lipinski definition) is 1. The van der Waals surface area contributed by atoms with Crippen LogP contribution >= 0.6 is 0 Å². The van der Waals surface area contributed by atoms with Crippen LogP contribution in [0.4, 0.5) is 5.69 Å². The number of esters is 1. The van der Waals surface area contributed by atoms with Gasteiger partial charge < -0.3 is 10.1 Å². The maximum absolute atomic E-state index is 11.6. The summed E-state index contributed by atoms with van der Waals surface area (Å²) >= 11 is 0. The number of carbonyl (C=O) groups is 1. The van der Waals surface area contributed by atoms with Crippen molar-refractivity contribution in [1.29, 1.82) is 0 Å². The minimum absolute atomic E-state index is 0.296. The van der Waals surface area contributed by atoms with Crippen LogP contribution in [-0.2, 0) is 11.3 Å². The number of fused-ring (bicyclic) bond motifs is 1. The van der Waals surface area contributed by atoms with Crippen molar-refractivity contribution in [1.82, 2.24) is 4.98 Å². The molecule has 1 N–H and O–H groups in total. The summed E-state index contributed by atoms with van der Waals surface area (Å²) in [6.45, 7) is 2.81. The van der Waals surface area contributed by atoms with Crippen LogP contribution in [0.25, 0.3) is 10.9 Å². The zero-order valence-electron chi connectivity index (χ0n) is 13.0. The molecule has 0 aliphatic carbocycles. The van der Waals surface area contributed by atoms with Gasteiger partial charge in [-0.25, -0.2) is 4.79 Å². The van der Waals surface area contributed by atoms with E-state index < -0.39 is 0 Å². The second-order valence-corrected chi connectivity index (χ2v) is 5.15. The Balaban J connectivity index is 1.66. The number of hydrogen-bond acceptors (Lipinski definition) is 4. The van der Waals surface area contributed by atoms with Crippen LogP contribution in [0.15, 0.2) is 60.7 Å². The fraction of sp³-hybridized carbons (Fsp3) is 0.158. The van der Waals surface area contributed by atoms with Gasteiger partial charge in [0.2, 0.25) is 0 Å². The molecule has 3 aromatic rings. The van der Waals surface area contributed by atoms with E-state index in [1.165, 1.54) is 0 Å². The van der Waals surface area contributed by atoms with E-state index in [0.29, 0.717) is 18.7 Å². The Hall–Kier alpha value is -2.88. The molecular weight excluding hydrogens is 288 g/mol. The fourth-order valence-corrected chi connectivity index (χ4v) is 2.34. The van der Waals surface area contributed by atoms with Gasteiger partial charge in [0.25, 0.3) is 0 Å². The van der Waals surface area contributed by atoms with E-state index in [9.17, 15) is 4.79 Å². The van der Waals surface area contributed by atoms with Crippen LogP contribution in [0.5, 0.6) is 0 Å². The average Bonchev–Trinajstić information content (AvgIpc) is 2.60. The Morgan fingerprint density at radius 1 is 1.04 bits per heavy atom. The van der Waals surface area contributed by atoms with Crippen LogP contribution in [0.2, 0.25) is 0 Å². The molecule has 0 spiro atoms. The third-order valence-electron chi connectivity index (χ3n) is 3.53. The fourth-order valence-electron chi connectivity index (χ4n) is 2.34. The van der Waals surface area contributed by atoms with Crippen molar-refractivity contribution < 1.29 is 9.53 Å². The summed E-state index contributed by atoms with van der Waals surface area (Å²) < 4.78 is 4.97. The van der Waals surface area contributed by atoms with Crippen LogP contribution in [0.3, 0.4) is 0 Å². The first kappa shape index (κ1) is 15.0. The van der Waals surface area contributed by atoms with E-state index in [1.54, 1.807) is 19.1 Å². The van der Waals surface area contributed by atoms with Gasteiger partial charge in [0.15, 0.2) is 0 Å². The van der Waals surface area contributed by atoms with Gasteiger partial charge in [-0.3, -0.25) is 4.98 Å². The Kier molecular flexibility index (Phi) is 4.52. The number of para-hydroxylation sites is 1. The summed E-state index contributed by atoms with van der Waals surface area (Å²) in [6, 6.07) is 19.4. The number of pyridine rings is 1. The van der Waals surface area contributed by atoms with E-state index in [-0.39, 0.29) is 5.97 Å². The lowest BCUT2D eigenvalue weighted by molar-refractivity contribution is 0.0526. The number of ether oxygens (including phenoxy) is 1. The van der Waals surface area contributed by atoms with Gasteiger partial charge in [-0.05, 0) is 43.3 Å². The van der Waals surface area contributed by atoms with Gasteiger partial charge in [0.05, 0.1) is 29.9 Å². The van der Waals surface area contributed by atoms with E-state index in [1.807, 2.05) is 42.5 Å². The van der Waals surface area contributed by atoms with E-state index in [4.69, 9.17) is 4.74 Å². The maximum Gasteiger partial charge on any atom is 0.338 e. The van der Waals surface area contributed by atoms with E-state index >= 15 is 0 Å². The maximum atomic E-state index is 11.6. The predicted molar refractivity (Wildman–Crippen MR) is 91.5 cm³/mol. The van der Waals surface area contributed by atoms with Gasteiger partial charge in [-0.2, -0.15) is 0 Å². The molecule has 0 bridgehead atoms. The molecule has 0 radical (unpaired) electrons. The number of aromatic nitrogens is 1. The Labute approximate surface area is 135 Å². The number of anilines is 1. The molecule has 116 valence electrons. The average molecular weight is 306 g/mol. The number of nitrogens with one attached hydrogen (secondary N) is 1. The molecule has 2 aromatic carbocycles. The molecule has 0 amide bonds. The standard InChI is InChI=1S/C19H18N2O2/c1-2-23-19(22)15-8-10-16(11-9-15)20-13-17-12-7-14-5-3-4-6-18(14)21-17/h3-12,20H,2,13H2,1H3. The van der Waals surface area contributed by atoms with Crippen LogP contribution < -0.4 is 5.32 Å². The van der Waals surface area contributed by atoms with Gasteiger partial charge in [-0.1, -0.05) is 24.3 Å². The second kappa shape index (κ2) is 6.92. The molecule has 4 nitrogen and oxygen atoms in total. The molecule has 1 aromatic heterocycles. The highest BCUT2D eigenvalue weighted by molar-refractivity contribution is 5.89. The normalized spacial score (nSPS) is 10.5. The topological polar surface area (TPSA) is 51.2 Å². The van der Waals surface area contributed by atoms with E-state index in [0.717, 1.165) is 22.3 Å². The summed E-state index contributed by atoms with van der Waals surface area (Å²) in [6.07, 6.45) is 0. The molecule has 1 heterocycles. The monoisotopic (exact) mass is 306 g/mol. The van der Waals surface area contributed by atoms with Crippen LogP contribution in [0, 0.1) is 0 Å². The van der Waals surface area contributed by atoms with Crippen molar-refractivity contribution in [3.05, 3.63) is 71.9 Å². The summed E-state index contributed by atoms with van der Waals surface area (Å²) in [5, 5.41) is 4.44. The first-order chi connectivity index (χ1) is 11.3. The van der Waals surface area contributed by atoms with Crippen molar-refractivity contribution in [2.45, 2.75) is 13.5 Å². The lowest BCUT2D eigenvalue weighted by Gasteiger charge is -2.08. The van der Waals surface area contributed by atoms with Crippen molar-refractivity contribution >= 4 is 22.6 Å².